The summed E-state index contributed by atoms with van der Waals surface area (Å²) in [5, 5.41) is 13.0. The number of hydrogen-bond donors (Lipinski definition) is 2. The van der Waals surface area contributed by atoms with E-state index >= 15 is 0 Å². The zero-order valence-electron chi connectivity index (χ0n) is 10.6. The van der Waals surface area contributed by atoms with Gasteiger partial charge in [-0.25, -0.2) is 9.78 Å². The minimum absolute atomic E-state index is 0.265. The average molecular weight is 264 g/mol. The van der Waals surface area contributed by atoms with Gasteiger partial charge in [-0.05, 0) is 36.4 Å². The highest BCUT2D eigenvalue weighted by atomic mass is 16.4. The fourth-order valence-corrected chi connectivity index (χ4v) is 2.08. The molecule has 3 rings (SSSR count). The molecular weight excluding hydrogens is 252 g/mol. The third-order valence-electron chi connectivity index (χ3n) is 3.01. The first kappa shape index (κ1) is 12.2. The van der Waals surface area contributed by atoms with Gasteiger partial charge in [0.05, 0.1) is 11.1 Å². The van der Waals surface area contributed by atoms with Crippen LogP contribution in [0.3, 0.4) is 0 Å². The summed E-state index contributed by atoms with van der Waals surface area (Å²) in [6, 6.07) is 18.3. The number of para-hydroxylation sites is 1. The van der Waals surface area contributed by atoms with E-state index in [1.807, 2.05) is 30.3 Å². The monoisotopic (exact) mass is 264 g/mol. The summed E-state index contributed by atoms with van der Waals surface area (Å²) in [6.45, 7) is 0. The van der Waals surface area contributed by atoms with Crippen LogP contribution in [0.5, 0.6) is 0 Å². The van der Waals surface area contributed by atoms with Crippen LogP contribution >= 0.6 is 0 Å². The Hall–Kier alpha value is -2.88. The van der Waals surface area contributed by atoms with Crippen molar-refractivity contribution in [3.8, 4) is 0 Å². The van der Waals surface area contributed by atoms with E-state index in [2.05, 4.69) is 10.3 Å². The molecule has 1 heterocycles. The molecule has 2 aromatic carbocycles. The van der Waals surface area contributed by atoms with Gasteiger partial charge in [0, 0.05) is 11.1 Å². The predicted molar refractivity (Wildman–Crippen MR) is 78.4 cm³/mol. The third-order valence-corrected chi connectivity index (χ3v) is 3.01. The van der Waals surface area contributed by atoms with E-state index in [9.17, 15) is 4.79 Å². The number of hydrogen-bond acceptors (Lipinski definition) is 3. The summed E-state index contributed by atoms with van der Waals surface area (Å²) in [6.07, 6.45) is 0. The SMILES string of the molecule is O=C(O)c1cccc2nc(Nc3ccccc3)ccc12. The van der Waals surface area contributed by atoms with Crippen LogP contribution in [0, 0.1) is 0 Å². The number of rotatable bonds is 3. The van der Waals surface area contributed by atoms with Crippen molar-refractivity contribution in [2.75, 3.05) is 5.32 Å². The number of anilines is 2. The maximum Gasteiger partial charge on any atom is 0.336 e. The molecule has 0 aliphatic carbocycles. The van der Waals surface area contributed by atoms with Gasteiger partial charge in [0.1, 0.15) is 5.82 Å². The second-order valence-corrected chi connectivity index (χ2v) is 4.36. The Balaban J connectivity index is 2.01. The number of benzene rings is 2. The number of fused-ring (bicyclic) bond motifs is 1. The van der Waals surface area contributed by atoms with Gasteiger partial charge in [0.25, 0.3) is 0 Å². The third kappa shape index (κ3) is 2.31. The molecule has 0 saturated carbocycles. The summed E-state index contributed by atoms with van der Waals surface area (Å²) in [5.74, 6) is -0.257. The van der Waals surface area contributed by atoms with Crippen molar-refractivity contribution in [2.45, 2.75) is 0 Å². The van der Waals surface area contributed by atoms with Crippen LogP contribution in [0.25, 0.3) is 10.9 Å². The molecule has 0 atom stereocenters. The Morgan fingerprint density at radius 1 is 0.950 bits per heavy atom. The lowest BCUT2D eigenvalue weighted by Gasteiger charge is -2.07. The van der Waals surface area contributed by atoms with E-state index in [4.69, 9.17) is 5.11 Å². The number of nitrogens with one attached hydrogen (secondary N) is 1. The molecule has 4 heteroatoms. The Morgan fingerprint density at radius 2 is 1.75 bits per heavy atom. The van der Waals surface area contributed by atoms with Crippen LogP contribution in [-0.2, 0) is 0 Å². The van der Waals surface area contributed by atoms with Crippen LogP contribution in [-0.4, -0.2) is 16.1 Å². The highest BCUT2D eigenvalue weighted by molar-refractivity contribution is 6.02. The molecule has 0 bridgehead atoms. The van der Waals surface area contributed by atoms with E-state index < -0.39 is 5.97 Å². The van der Waals surface area contributed by atoms with Crippen molar-refractivity contribution in [3.63, 3.8) is 0 Å². The van der Waals surface area contributed by atoms with Crippen molar-refractivity contribution in [1.82, 2.24) is 4.98 Å². The van der Waals surface area contributed by atoms with Crippen molar-refractivity contribution in [1.29, 1.82) is 0 Å². The van der Waals surface area contributed by atoms with E-state index in [1.165, 1.54) is 0 Å². The maximum absolute atomic E-state index is 11.1. The molecule has 0 spiro atoms. The van der Waals surface area contributed by atoms with E-state index in [-0.39, 0.29) is 5.56 Å². The van der Waals surface area contributed by atoms with Gasteiger partial charge in [-0.15, -0.1) is 0 Å². The first-order valence-electron chi connectivity index (χ1n) is 6.19. The number of pyridine rings is 1. The molecule has 98 valence electrons. The number of carbonyl (C=O) groups is 1. The minimum atomic E-state index is -0.943. The maximum atomic E-state index is 11.1. The minimum Gasteiger partial charge on any atom is -0.478 e. The molecule has 20 heavy (non-hydrogen) atoms. The number of nitrogens with zero attached hydrogens (tertiary/aromatic N) is 1. The van der Waals surface area contributed by atoms with Crippen molar-refractivity contribution in [3.05, 3.63) is 66.2 Å². The van der Waals surface area contributed by atoms with Crippen LogP contribution in [0.1, 0.15) is 10.4 Å². The summed E-state index contributed by atoms with van der Waals surface area (Å²) in [7, 11) is 0. The smallest absolute Gasteiger partial charge is 0.336 e. The van der Waals surface area contributed by atoms with E-state index in [0.717, 1.165) is 5.69 Å². The quantitative estimate of drug-likeness (QED) is 0.757. The molecule has 0 fully saturated rings. The molecule has 3 aromatic rings. The van der Waals surface area contributed by atoms with Gasteiger partial charge in [-0.2, -0.15) is 0 Å². The Labute approximate surface area is 115 Å². The summed E-state index contributed by atoms with van der Waals surface area (Å²) in [4.78, 5) is 15.6. The number of carboxylic acids is 1. The Kier molecular flexibility index (Phi) is 3.05. The summed E-state index contributed by atoms with van der Waals surface area (Å²) < 4.78 is 0. The zero-order chi connectivity index (χ0) is 13.9. The lowest BCUT2D eigenvalue weighted by molar-refractivity contribution is 0.0699. The molecule has 4 nitrogen and oxygen atoms in total. The topological polar surface area (TPSA) is 62.2 Å². The Bertz CT molecular complexity index is 770. The summed E-state index contributed by atoms with van der Waals surface area (Å²) >= 11 is 0. The van der Waals surface area contributed by atoms with Gasteiger partial charge in [-0.3, -0.25) is 0 Å². The molecule has 0 aliphatic rings. The highest BCUT2D eigenvalue weighted by Crippen LogP contribution is 2.21. The van der Waals surface area contributed by atoms with Crippen molar-refractivity contribution in [2.24, 2.45) is 0 Å². The van der Waals surface area contributed by atoms with Crippen LogP contribution in [0.15, 0.2) is 60.7 Å². The van der Waals surface area contributed by atoms with Gasteiger partial charge in [-0.1, -0.05) is 24.3 Å². The fourth-order valence-electron chi connectivity index (χ4n) is 2.08. The number of carboxylic acid groups (broad SMARTS) is 1. The molecule has 1 aromatic heterocycles. The molecule has 0 unspecified atom stereocenters. The van der Waals surface area contributed by atoms with Crippen LogP contribution < -0.4 is 5.32 Å². The first-order valence-corrected chi connectivity index (χ1v) is 6.19. The first-order chi connectivity index (χ1) is 9.74. The van der Waals surface area contributed by atoms with E-state index in [1.54, 1.807) is 30.3 Å². The number of aromatic carboxylic acids is 1. The lowest BCUT2D eigenvalue weighted by Crippen LogP contribution is -1.99. The normalized spacial score (nSPS) is 10.4. The van der Waals surface area contributed by atoms with Gasteiger partial charge >= 0.3 is 5.97 Å². The van der Waals surface area contributed by atoms with E-state index in [0.29, 0.717) is 16.7 Å². The molecular formula is C16H12N2O2. The van der Waals surface area contributed by atoms with Gasteiger partial charge < -0.3 is 10.4 Å². The largest absolute Gasteiger partial charge is 0.478 e. The standard InChI is InChI=1S/C16H12N2O2/c19-16(20)13-7-4-8-14-12(13)9-10-15(18-14)17-11-5-2-1-3-6-11/h1-10H,(H,17,18)(H,19,20). The zero-order valence-corrected chi connectivity index (χ0v) is 10.6. The van der Waals surface area contributed by atoms with Crippen LogP contribution in [0.2, 0.25) is 0 Å². The number of aromatic nitrogens is 1. The Morgan fingerprint density at radius 3 is 2.50 bits per heavy atom. The van der Waals surface area contributed by atoms with Gasteiger partial charge in [0.15, 0.2) is 0 Å². The van der Waals surface area contributed by atoms with Crippen molar-refractivity contribution >= 4 is 28.4 Å². The molecule has 2 N–H and O–H groups in total. The summed E-state index contributed by atoms with van der Waals surface area (Å²) in [5.41, 5.74) is 1.86. The molecule has 0 amide bonds. The lowest BCUT2D eigenvalue weighted by atomic mass is 10.1. The van der Waals surface area contributed by atoms with Crippen molar-refractivity contribution < 1.29 is 9.90 Å². The predicted octanol–water partition coefficient (Wildman–Crippen LogP) is 3.68. The van der Waals surface area contributed by atoms with Gasteiger partial charge in [0.2, 0.25) is 0 Å². The second-order valence-electron chi connectivity index (χ2n) is 4.36. The fraction of sp³-hybridized carbons (Fsp3) is 0. The molecule has 0 radical (unpaired) electrons. The molecule has 0 aliphatic heterocycles. The molecule has 0 saturated heterocycles. The van der Waals surface area contributed by atoms with Crippen LogP contribution in [0.4, 0.5) is 11.5 Å². The average Bonchev–Trinajstić information content (AvgIpc) is 2.47. The second kappa shape index (κ2) is 5.01. The highest BCUT2D eigenvalue weighted by Gasteiger charge is 2.08.